The monoisotopic (exact) mass is 186 g/mol. The molecule has 7 heteroatoms. The zero-order valence-corrected chi connectivity index (χ0v) is 6.77. The summed E-state index contributed by atoms with van der Waals surface area (Å²) in [6.07, 6.45) is 0. The Bertz CT molecular complexity index is 198. The number of rotatable bonds is 0. The lowest BCUT2D eigenvalue weighted by Gasteiger charge is -1.69. The molecule has 0 atom stereocenters. The third-order valence-electron chi connectivity index (χ3n) is 0.667. The van der Waals surface area contributed by atoms with Crippen LogP contribution in [0.5, 0.6) is 0 Å². The topological polar surface area (TPSA) is 124 Å². The number of halogens is 1. The molecule has 0 unspecified atom stereocenters. The van der Waals surface area contributed by atoms with Crippen LogP contribution < -0.4 is 9.82 Å². The van der Waals surface area contributed by atoms with Crippen molar-refractivity contribution in [1.29, 1.82) is 22.1 Å². The molecule has 0 saturated carbocycles. The lowest BCUT2D eigenvalue weighted by Crippen LogP contribution is -1.47. The third kappa shape index (κ3) is 41.5. The molecule has 6 nitrogen and oxygen atoms in total. The summed E-state index contributed by atoms with van der Waals surface area (Å²) in [7, 11) is 0. The molecular weight excluding hydrogens is 175 g/mol. The largest absolute Gasteiger partial charge is 0.269 e. The van der Waals surface area contributed by atoms with Crippen molar-refractivity contribution < 1.29 is 4.70 Å². The van der Waals surface area contributed by atoms with Gasteiger partial charge >= 0.3 is 0 Å². The standard InChI is InChI=1S/C6H6.FH.2H2N3/c1-2-4-6-5-3-1;;2*1-3-2/h1-6H;1H;2*1-2H/q;;2*+1. The van der Waals surface area contributed by atoms with E-state index in [4.69, 9.17) is 22.1 Å². The number of nitrogens with one attached hydrogen (secondary N) is 4. The quantitative estimate of drug-likeness (QED) is 0.350. The molecule has 0 heterocycles. The molecule has 0 aromatic heterocycles. The minimum atomic E-state index is 0. The molecule has 13 heavy (non-hydrogen) atoms. The number of hydrogen-bond donors (Lipinski definition) is 4. The minimum absolute atomic E-state index is 0. The fourth-order valence-corrected chi connectivity index (χ4v) is 0.385. The average Bonchev–Trinajstić information content (AvgIpc) is 2.10. The van der Waals surface area contributed by atoms with Crippen LogP contribution in [0.3, 0.4) is 0 Å². The Morgan fingerprint density at radius 3 is 0.692 bits per heavy atom. The molecule has 70 valence electrons. The van der Waals surface area contributed by atoms with Crippen LogP contribution in [0.25, 0.3) is 0 Å². The summed E-state index contributed by atoms with van der Waals surface area (Å²) >= 11 is 0. The van der Waals surface area contributed by atoms with Gasteiger partial charge < -0.3 is 0 Å². The lowest BCUT2D eigenvalue weighted by atomic mass is 10.4. The van der Waals surface area contributed by atoms with Crippen molar-refractivity contribution in [2.45, 2.75) is 0 Å². The molecule has 0 aliphatic heterocycles. The highest BCUT2D eigenvalue weighted by Crippen LogP contribution is 1.79. The van der Waals surface area contributed by atoms with E-state index in [0.717, 1.165) is 0 Å². The number of nitrogens with zero attached hydrogens (tertiary/aromatic N) is 2. The smallest absolute Gasteiger partial charge is 0.211 e. The first-order chi connectivity index (χ1) is 5.83. The van der Waals surface area contributed by atoms with E-state index >= 15 is 0 Å². The molecule has 0 amide bonds. The SMILES string of the molecule is F.N=[N+]=N.N=[N+]=N.c1ccccc1. The van der Waals surface area contributed by atoms with Crippen LogP contribution in [0, 0.1) is 22.1 Å². The van der Waals surface area contributed by atoms with Crippen LogP contribution >= 0.6 is 0 Å². The molecule has 0 bridgehead atoms. The highest BCUT2D eigenvalue weighted by Gasteiger charge is 1.57. The third-order valence-corrected chi connectivity index (χ3v) is 0.667. The summed E-state index contributed by atoms with van der Waals surface area (Å²) in [6, 6.07) is 12.0. The lowest BCUT2D eigenvalue weighted by molar-refractivity contribution is 0.928. The fraction of sp³-hybridized carbons (Fsp3) is 0. The zero-order valence-electron chi connectivity index (χ0n) is 6.77. The Labute approximate surface area is 74.0 Å². The van der Waals surface area contributed by atoms with Crippen molar-refractivity contribution >= 4 is 0 Å². The summed E-state index contributed by atoms with van der Waals surface area (Å²) in [4.78, 5) is 4.00. The van der Waals surface area contributed by atoms with Crippen LogP contribution in [0.4, 0.5) is 4.70 Å². The van der Waals surface area contributed by atoms with Crippen molar-refractivity contribution in [3.8, 4) is 0 Å². The Balaban J connectivity index is -0.000000126. The van der Waals surface area contributed by atoms with Gasteiger partial charge in [-0.2, -0.15) is 0 Å². The van der Waals surface area contributed by atoms with E-state index in [1.54, 1.807) is 0 Å². The first kappa shape index (κ1) is 17.0. The van der Waals surface area contributed by atoms with E-state index in [0.29, 0.717) is 0 Å². The first-order valence-electron chi connectivity index (χ1n) is 2.89. The summed E-state index contributed by atoms with van der Waals surface area (Å²) in [6.45, 7) is 0. The Morgan fingerprint density at radius 2 is 0.615 bits per heavy atom. The van der Waals surface area contributed by atoms with Gasteiger partial charge in [-0.25, -0.2) is 0 Å². The molecule has 1 aromatic rings. The molecule has 1 aromatic carbocycles. The van der Waals surface area contributed by atoms with Crippen LogP contribution in [0.2, 0.25) is 0 Å². The van der Waals surface area contributed by atoms with Crippen LogP contribution in [-0.4, -0.2) is 0 Å². The second-order valence-corrected chi connectivity index (χ2v) is 1.38. The van der Waals surface area contributed by atoms with E-state index in [1.165, 1.54) is 0 Å². The van der Waals surface area contributed by atoms with Gasteiger partial charge in [-0.1, -0.05) is 36.4 Å². The van der Waals surface area contributed by atoms with Crippen LogP contribution in [-0.2, 0) is 0 Å². The Morgan fingerprint density at radius 1 is 0.538 bits per heavy atom. The summed E-state index contributed by atoms with van der Waals surface area (Å²) in [5.41, 5.74) is 22.0. The predicted octanol–water partition coefficient (Wildman–Crippen LogP) is 2.07. The number of hydrogen-bond acceptors (Lipinski definition) is 4. The van der Waals surface area contributed by atoms with Gasteiger partial charge in [-0.15, -0.1) is 0 Å². The second-order valence-electron chi connectivity index (χ2n) is 1.38. The minimum Gasteiger partial charge on any atom is -0.269 e. The van der Waals surface area contributed by atoms with E-state index in [2.05, 4.69) is 0 Å². The molecule has 0 radical (unpaired) electrons. The maximum absolute atomic E-state index is 5.50. The van der Waals surface area contributed by atoms with Crippen molar-refractivity contribution in [3.63, 3.8) is 0 Å². The molecular formula is C6H11FN6+2. The summed E-state index contributed by atoms with van der Waals surface area (Å²) < 4.78 is 0. The van der Waals surface area contributed by atoms with Gasteiger partial charge in [0.25, 0.3) is 0 Å². The molecule has 4 N–H and O–H groups in total. The van der Waals surface area contributed by atoms with E-state index in [9.17, 15) is 0 Å². The summed E-state index contributed by atoms with van der Waals surface area (Å²) in [5.74, 6) is 0. The van der Waals surface area contributed by atoms with E-state index in [1.807, 2.05) is 46.2 Å². The van der Waals surface area contributed by atoms with Crippen molar-refractivity contribution in [2.24, 2.45) is 0 Å². The van der Waals surface area contributed by atoms with Gasteiger partial charge in [-0.3, -0.25) is 4.70 Å². The zero-order chi connectivity index (χ0) is 9.66. The average molecular weight is 186 g/mol. The normalized spacial score (nSPS) is 4.92. The molecule has 0 spiro atoms. The molecule has 0 fully saturated rings. The maximum Gasteiger partial charge on any atom is 0.211 e. The highest BCUT2D eigenvalue weighted by atomic mass is 19.0. The van der Waals surface area contributed by atoms with Gasteiger partial charge in [0, 0.05) is 0 Å². The van der Waals surface area contributed by atoms with Gasteiger partial charge in [0.15, 0.2) is 0 Å². The molecule has 0 saturated heterocycles. The van der Waals surface area contributed by atoms with Gasteiger partial charge in [0.05, 0.1) is 0 Å². The van der Waals surface area contributed by atoms with Crippen LogP contribution in [0.1, 0.15) is 0 Å². The van der Waals surface area contributed by atoms with E-state index < -0.39 is 0 Å². The maximum atomic E-state index is 5.50. The van der Waals surface area contributed by atoms with Crippen molar-refractivity contribution in [2.75, 3.05) is 0 Å². The molecule has 0 aliphatic rings. The van der Waals surface area contributed by atoms with Crippen molar-refractivity contribution in [3.05, 3.63) is 36.4 Å². The second kappa shape index (κ2) is 22.6. The molecule has 1 rings (SSSR count). The van der Waals surface area contributed by atoms with Crippen molar-refractivity contribution in [1.82, 2.24) is 9.82 Å². The van der Waals surface area contributed by atoms with E-state index in [-0.39, 0.29) is 4.70 Å². The Kier molecular flexibility index (Phi) is 29.6. The number of benzene rings is 1. The van der Waals surface area contributed by atoms with Gasteiger partial charge in [0.2, 0.25) is 9.82 Å². The van der Waals surface area contributed by atoms with Crippen LogP contribution in [0.15, 0.2) is 36.4 Å². The Hall–Kier alpha value is -2.23. The van der Waals surface area contributed by atoms with Gasteiger partial charge in [0.1, 0.15) is 22.1 Å². The summed E-state index contributed by atoms with van der Waals surface area (Å²) in [5, 5.41) is 0. The molecule has 0 aliphatic carbocycles. The fourth-order valence-electron chi connectivity index (χ4n) is 0.385. The predicted molar refractivity (Wildman–Crippen MR) is 44.1 cm³/mol. The van der Waals surface area contributed by atoms with Gasteiger partial charge in [-0.05, 0) is 0 Å². The first-order valence-corrected chi connectivity index (χ1v) is 2.89. The highest BCUT2D eigenvalue weighted by molar-refractivity contribution is 4.99.